The molecular weight excluding hydrogens is 377 g/mol. The third kappa shape index (κ3) is 4.27. The number of benzene rings is 1. The van der Waals surface area contributed by atoms with Crippen molar-refractivity contribution in [3.63, 3.8) is 0 Å². The highest BCUT2D eigenvalue weighted by Crippen LogP contribution is 2.22. The summed E-state index contributed by atoms with van der Waals surface area (Å²) in [5, 5.41) is 16.2. The van der Waals surface area contributed by atoms with Crippen LogP contribution in [0.2, 0.25) is 0 Å². The number of nitrogens with zero attached hydrogens (tertiary/aromatic N) is 2. The number of rotatable bonds is 7. The Morgan fingerprint density at radius 3 is 2.76 bits per heavy atom. The molecule has 2 heterocycles. The molecule has 0 fully saturated rings. The first-order valence-corrected chi connectivity index (χ1v) is 9.03. The average Bonchev–Trinajstić information content (AvgIpc) is 3.02. The maximum Gasteiger partial charge on any atom is 0.256 e. The summed E-state index contributed by atoms with van der Waals surface area (Å²) in [4.78, 5) is 23.9. The van der Waals surface area contributed by atoms with Gasteiger partial charge in [0, 0.05) is 17.8 Å². The first-order chi connectivity index (χ1) is 13.8. The van der Waals surface area contributed by atoms with Gasteiger partial charge >= 0.3 is 0 Å². The Balaban J connectivity index is 1.88. The third-order valence-electron chi connectivity index (χ3n) is 4.60. The standard InChI is InChI=1S/C21H22FN3O4/c1-13-4-5-15(17(22)8-13)10-29-16-6-7-25-18(9-16)19(14(2)24-25)20(28)23-21(3,11-26)12-27/h4-9,11,27H,10,12H2,1-3H3,(H,23,28). The van der Waals surface area contributed by atoms with Crippen LogP contribution in [0.4, 0.5) is 4.39 Å². The highest BCUT2D eigenvalue weighted by Gasteiger charge is 2.28. The molecular formula is C21H22FN3O4. The van der Waals surface area contributed by atoms with Gasteiger partial charge in [0.2, 0.25) is 0 Å². The Morgan fingerprint density at radius 2 is 2.10 bits per heavy atom. The highest BCUT2D eigenvalue weighted by atomic mass is 19.1. The Hall–Kier alpha value is -3.26. The SMILES string of the molecule is Cc1ccc(COc2ccn3nc(C)c(C(=O)NC(C)(C=O)CO)c3c2)c(F)c1. The van der Waals surface area contributed by atoms with Gasteiger partial charge in [-0.05, 0) is 38.5 Å². The number of amides is 1. The molecule has 8 heteroatoms. The highest BCUT2D eigenvalue weighted by molar-refractivity contribution is 6.03. The van der Waals surface area contributed by atoms with Crippen molar-refractivity contribution < 1.29 is 23.8 Å². The summed E-state index contributed by atoms with van der Waals surface area (Å²) in [7, 11) is 0. The van der Waals surface area contributed by atoms with Gasteiger partial charge in [-0.15, -0.1) is 0 Å². The summed E-state index contributed by atoms with van der Waals surface area (Å²) >= 11 is 0. The van der Waals surface area contributed by atoms with Gasteiger partial charge in [-0.25, -0.2) is 8.91 Å². The molecule has 3 aromatic rings. The Kier molecular flexibility index (Phi) is 5.65. The summed E-state index contributed by atoms with van der Waals surface area (Å²) in [6.45, 7) is 4.40. The van der Waals surface area contributed by atoms with Gasteiger partial charge in [-0.1, -0.05) is 12.1 Å². The Morgan fingerprint density at radius 1 is 1.34 bits per heavy atom. The average molecular weight is 399 g/mol. The number of nitrogens with one attached hydrogen (secondary N) is 1. The van der Waals surface area contributed by atoms with Crippen LogP contribution in [0.25, 0.3) is 5.52 Å². The molecule has 0 aliphatic rings. The van der Waals surface area contributed by atoms with Crippen LogP contribution in [-0.4, -0.2) is 39.1 Å². The second-order valence-corrected chi connectivity index (χ2v) is 7.18. The molecule has 0 aliphatic heterocycles. The summed E-state index contributed by atoms with van der Waals surface area (Å²) in [5.41, 5.74) is 1.03. The zero-order valence-corrected chi connectivity index (χ0v) is 16.4. The first-order valence-electron chi connectivity index (χ1n) is 9.03. The lowest BCUT2D eigenvalue weighted by molar-refractivity contribution is -0.113. The second kappa shape index (κ2) is 8.00. The summed E-state index contributed by atoms with van der Waals surface area (Å²) in [6.07, 6.45) is 2.11. The minimum absolute atomic E-state index is 0.0324. The van der Waals surface area contributed by atoms with Crippen molar-refractivity contribution in [3.8, 4) is 5.75 Å². The molecule has 2 aromatic heterocycles. The van der Waals surface area contributed by atoms with Gasteiger partial charge in [0.1, 0.15) is 30.0 Å². The van der Waals surface area contributed by atoms with E-state index in [-0.39, 0.29) is 18.0 Å². The van der Waals surface area contributed by atoms with E-state index in [0.29, 0.717) is 28.8 Å². The van der Waals surface area contributed by atoms with Gasteiger partial charge < -0.3 is 20.0 Å². The number of pyridine rings is 1. The largest absolute Gasteiger partial charge is 0.489 e. The fraction of sp³-hybridized carbons (Fsp3) is 0.286. The minimum atomic E-state index is -1.39. The van der Waals surface area contributed by atoms with E-state index < -0.39 is 18.1 Å². The van der Waals surface area contributed by atoms with Gasteiger partial charge in [-0.2, -0.15) is 5.10 Å². The maximum absolute atomic E-state index is 14.0. The van der Waals surface area contributed by atoms with E-state index in [1.54, 1.807) is 37.4 Å². The van der Waals surface area contributed by atoms with E-state index >= 15 is 0 Å². The van der Waals surface area contributed by atoms with Crippen LogP contribution in [0.15, 0.2) is 36.5 Å². The van der Waals surface area contributed by atoms with Crippen molar-refractivity contribution in [2.24, 2.45) is 0 Å². The normalized spacial score (nSPS) is 13.1. The molecule has 7 nitrogen and oxygen atoms in total. The Labute approximate surface area is 167 Å². The number of hydrogen-bond donors (Lipinski definition) is 2. The lowest BCUT2D eigenvalue weighted by atomic mass is 10.0. The number of halogens is 1. The van der Waals surface area contributed by atoms with E-state index in [4.69, 9.17) is 4.74 Å². The van der Waals surface area contributed by atoms with E-state index in [2.05, 4.69) is 10.4 Å². The van der Waals surface area contributed by atoms with E-state index in [1.807, 2.05) is 6.92 Å². The van der Waals surface area contributed by atoms with Crippen molar-refractivity contribution in [1.29, 1.82) is 0 Å². The molecule has 0 saturated carbocycles. The number of carbonyl (C=O) groups is 2. The summed E-state index contributed by atoms with van der Waals surface area (Å²) < 4.78 is 21.2. The molecule has 0 bridgehead atoms. The van der Waals surface area contributed by atoms with E-state index in [9.17, 15) is 19.1 Å². The number of fused-ring (bicyclic) bond motifs is 1. The molecule has 0 saturated heterocycles. The summed E-state index contributed by atoms with van der Waals surface area (Å²) in [5.74, 6) is -0.446. The molecule has 1 unspecified atom stereocenters. The number of aliphatic hydroxyl groups excluding tert-OH is 1. The summed E-state index contributed by atoms with van der Waals surface area (Å²) in [6, 6.07) is 8.20. The van der Waals surface area contributed by atoms with Gasteiger partial charge in [0.25, 0.3) is 5.91 Å². The van der Waals surface area contributed by atoms with E-state index in [1.165, 1.54) is 17.5 Å². The van der Waals surface area contributed by atoms with Crippen molar-refractivity contribution in [2.75, 3.05) is 6.61 Å². The van der Waals surface area contributed by atoms with Crippen LogP contribution in [0.1, 0.15) is 34.1 Å². The minimum Gasteiger partial charge on any atom is -0.489 e. The monoisotopic (exact) mass is 399 g/mol. The molecule has 0 spiro atoms. The molecule has 0 aliphatic carbocycles. The van der Waals surface area contributed by atoms with Gasteiger partial charge in [-0.3, -0.25) is 4.79 Å². The number of aliphatic hydroxyl groups is 1. The molecule has 1 atom stereocenters. The topological polar surface area (TPSA) is 92.9 Å². The van der Waals surface area contributed by atoms with Crippen LogP contribution in [0.5, 0.6) is 5.75 Å². The number of carbonyl (C=O) groups excluding carboxylic acids is 2. The number of aryl methyl sites for hydroxylation is 2. The molecule has 3 rings (SSSR count). The Bertz CT molecular complexity index is 1080. The van der Waals surface area contributed by atoms with Gasteiger partial charge in [0.15, 0.2) is 0 Å². The van der Waals surface area contributed by atoms with E-state index in [0.717, 1.165) is 5.56 Å². The molecule has 29 heavy (non-hydrogen) atoms. The predicted molar refractivity (Wildman–Crippen MR) is 104 cm³/mol. The first kappa shape index (κ1) is 20.5. The number of ether oxygens (including phenoxy) is 1. The van der Waals surface area contributed by atoms with Crippen molar-refractivity contribution in [3.05, 3.63) is 64.7 Å². The number of aldehydes is 1. The fourth-order valence-corrected chi connectivity index (χ4v) is 2.87. The second-order valence-electron chi connectivity index (χ2n) is 7.18. The molecule has 0 radical (unpaired) electrons. The molecule has 152 valence electrons. The zero-order valence-electron chi connectivity index (χ0n) is 16.4. The molecule has 1 aromatic carbocycles. The van der Waals surface area contributed by atoms with Crippen molar-refractivity contribution in [2.45, 2.75) is 32.9 Å². The molecule has 1 amide bonds. The fourth-order valence-electron chi connectivity index (χ4n) is 2.87. The van der Waals surface area contributed by atoms with Crippen LogP contribution >= 0.6 is 0 Å². The van der Waals surface area contributed by atoms with Crippen molar-refractivity contribution >= 4 is 17.7 Å². The lowest BCUT2D eigenvalue weighted by Crippen LogP contribution is -2.50. The quantitative estimate of drug-likeness (QED) is 0.595. The predicted octanol–water partition coefficient (Wildman–Crippen LogP) is 2.35. The number of aromatic nitrogens is 2. The van der Waals surface area contributed by atoms with Gasteiger partial charge in [0.05, 0.1) is 23.4 Å². The molecule has 2 N–H and O–H groups in total. The lowest BCUT2D eigenvalue weighted by Gasteiger charge is -2.21. The van der Waals surface area contributed by atoms with Crippen LogP contribution < -0.4 is 10.1 Å². The van der Waals surface area contributed by atoms with Crippen LogP contribution in [-0.2, 0) is 11.4 Å². The van der Waals surface area contributed by atoms with Crippen LogP contribution in [0, 0.1) is 19.7 Å². The van der Waals surface area contributed by atoms with Crippen LogP contribution in [0.3, 0.4) is 0 Å². The van der Waals surface area contributed by atoms with Crippen molar-refractivity contribution in [1.82, 2.24) is 14.9 Å². The third-order valence-corrected chi connectivity index (χ3v) is 4.60. The maximum atomic E-state index is 14.0. The number of hydrogen-bond acceptors (Lipinski definition) is 5. The zero-order chi connectivity index (χ0) is 21.2. The smallest absolute Gasteiger partial charge is 0.256 e.